The summed E-state index contributed by atoms with van der Waals surface area (Å²) in [5.41, 5.74) is 0. The molecule has 4 aliphatic carbocycles. The summed E-state index contributed by atoms with van der Waals surface area (Å²) in [7, 11) is 0. The fourth-order valence-corrected chi connectivity index (χ4v) is 7.63. The first-order chi connectivity index (χ1) is 10.5. The smallest absolute Gasteiger partial charge is 0.317 e. The van der Waals surface area contributed by atoms with E-state index in [0.717, 1.165) is 12.3 Å². The van der Waals surface area contributed by atoms with Crippen LogP contribution in [0.2, 0.25) is 0 Å². The molecule has 5 fully saturated rings. The fourth-order valence-electron chi connectivity index (χ4n) is 7.63. The van der Waals surface area contributed by atoms with E-state index in [9.17, 15) is 14.7 Å². The number of carbonyl (C=O) groups excluding carboxylic acids is 2. The molecule has 22 heavy (non-hydrogen) atoms. The van der Waals surface area contributed by atoms with Crippen LogP contribution in [0.4, 0.5) is 0 Å². The van der Waals surface area contributed by atoms with Crippen LogP contribution < -0.4 is 0 Å². The standard InChI is InChI=1S/C18H24O4/c1-6-9-5-11(13(6)14-7(2)17(20)22-18(14)21)16-10-3-8(15(9)16)4-12(10)19/h6-16,19H,3-5H2,1-2H3. The lowest BCUT2D eigenvalue weighted by Gasteiger charge is -2.45. The average Bonchev–Trinajstić information content (AvgIpc) is 3.20. The third-order valence-corrected chi connectivity index (χ3v) is 8.20. The topological polar surface area (TPSA) is 63.6 Å². The number of esters is 2. The van der Waals surface area contributed by atoms with Crippen LogP contribution in [0.5, 0.6) is 0 Å². The van der Waals surface area contributed by atoms with Gasteiger partial charge in [0.05, 0.1) is 17.9 Å². The van der Waals surface area contributed by atoms with Crippen LogP contribution in [0.25, 0.3) is 0 Å². The Morgan fingerprint density at radius 3 is 2.36 bits per heavy atom. The van der Waals surface area contributed by atoms with Crippen molar-refractivity contribution in [2.45, 2.75) is 39.2 Å². The van der Waals surface area contributed by atoms with Gasteiger partial charge in [0.1, 0.15) is 0 Å². The monoisotopic (exact) mass is 304 g/mol. The lowest BCUT2D eigenvalue weighted by atomic mass is 9.59. The van der Waals surface area contributed by atoms with Gasteiger partial charge in [-0.05, 0) is 66.6 Å². The van der Waals surface area contributed by atoms with Crippen LogP contribution in [-0.2, 0) is 14.3 Å². The maximum atomic E-state index is 12.2. The molecule has 0 spiro atoms. The number of hydrogen-bond acceptors (Lipinski definition) is 4. The highest BCUT2D eigenvalue weighted by Gasteiger charge is 2.69. The average molecular weight is 304 g/mol. The highest BCUT2D eigenvalue weighted by atomic mass is 16.6. The zero-order chi connectivity index (χ0) is 15.3. The number of rotatable bonds is 1. The first-order valence-electron chi connectivity index (χ1n) is 8.92. The van der Waals surface area contributed by atoms with Gasteiger partial charge in [-0.2, -0.15) is 0 Å². The van der Waals surface area contributed by atoms with Crippen molar-refractivity contribution >= 4 is 11.9 Å². The van der Waals surface area contributed by atoms with Crippen molar-refractivity contribution in [2.24, 2.45) is 59.2 Å². The summed E-state index contributed by atoms with van der Waals surface area (Å²) in [6, 6.07) is 0. The zero-order valence-electron chi connectivity index (χ0n) is 13.1. The van der Waals surface area contributed by atoms with Crippen molar-refractivity contribution < 1.29 is 19.4 Å². The highest BCUT2D eigenvalue weighted by Crippen LogP contribution is 2.71. The molecule has 0 aromatic rings. The quantitative estimate of drug-likeness (QED) is 0.456. The van der Waals surface area contributed by atoms with E-state index in [1.54, 1.807) is 0 Å². The summed E-state index contributed by atoms with van der Waals surface area (Å²) in [5.74, 6) is 3.36. The Balaban J connectivity index is 1.50. The molecule has 1 aliphatic heterocycles. The van der Waals surface area contributed by atoms with Crippen LogP contribution >= 0.6 is 0 Å². The van der Waals surface area contributed by atoms with Gasteiger partial charge < -0.3 is 9.84 Å². The van der Waals surface area contributed by atoms with Gasteiger partial charge in [0, 0.05) is 0 Å². The molecule has 4 bridgehead atoms. The van der Waals surface area contributed by atoms with E-state index in [1.165, 1.54) is 12.8 Å². The predicted octanol–water partition coefficient (Wildman–Crippen LogP) is 1.86. The molecule has 1 N–H and O–H groups in total. The third-order valence-electron chi connectivity index (χ3n) is 8.20. The van der Waals surface area contributed by atoms with E-state index in [-0.39, 0.29) is 35.8 Å². The number of ether oxygens (including phenoxy) is 1. The molecule has 5 rings (SSSR count). The van der Waals surface area contributed by atoms with Crippen molar-refractivity contribution in [3.63, 3.8) is 0 Å². The second-order valence-electron chi connectivity index (χ2n) is 8.67. The lowest BCUT2D eigenvalue weighted by Crippen LogP contribution is -2.45. The number of aliphatic hydroxyl groups excluding tert-OH is 1. The Bertz CT molecular complexity index is 557. The fraction of sp³-hybridized carbons (Fsp3) is 0.889. The summed E-state index contributed by atoms with van der Waals surface area (Å²) in [6.45, 7) is 4.14. The Labute approximate surface area is 130 Å². The molecule has 11 atom stereocenters. The zero-order valence-corrected chi connectivity index (χ0v) is 13.1. The molecule has 0 amide bonds. The molecule has 5 aliphatic rings. The molecule has 1 saturated heterocycles. The van der Waals surface area contributed by atoms with Gasteiger partial charge in [-0.1, -0.05) is 13.8 Å². The van der Waals surface area contributed by atoms with Crippen molar-refractivity contribution in [2.75, 3.05) is 0 Å². The van der Waals surface area contributed by atoms with E-state index in [2.05, 4.69) is 6.92 Å². The number of carbonyl (C=O) groups is 2. The summed E-state index contributed by atoms with van der Waals surface area (Å²) in [4.78, 5) is 24.0. The normalized spacial score (nSPS) is 61.9. The SMILES string of the molecule is CC1C(=O)OC(=O)C1C1C(C)C2CC1C1C3CC(CC3O)C21. The molecule has 4 heteroatoms. The van der Waals surface area contributed by atoms with Gasteiger partial charge in [0.2, 0.25) is 0 Å². The molecular weight excluding hydrogens is 280 g/mol. The highest BCUT2D eigenvalue weighted by molar-refractivity contribution is 5.96. The largest absolute Gasteiger partial charge is 0.393 e. The van der Waals surface area contributed by atoms with E-state index in [0.29, 0.717) is 35.5 Å². The second kappa shape index (κ2) is 4.14. The van der Waals surface area contributed by atoms with Crippen LogP contribution in [0.3, 0.4) is 0 Å². The van der Waals surface area contributed by atoms with Crippen molar-refractivity contribution in [3.8, 4) is 0 Å². The molecular formula is C18H24O4. The van der Waals surface area contributed by atoms with Crippen molar-refractivity contribution in [3.05, 3.63) is 0 Å². The first-order valence-corrected chi connectivity index (χ1v) is 8.92. The Morgan fingerprint density at radius 2 is 1.68 bits per heavy atom. The number of aliphatic hydroxyl groups is 1. The molecule has 120 valence electrons. The van der Waals surface area contributed by atoms with Crippen LogP contribution in [-0.4, -0.2) is 23.1 Å². The summed E-state index contributed by atoms with van der Waals surface area (Å²) in [5, 5.41) is 10.3. The van der Waals surface area contributed by atoms with E-state index >= 15 is 0 Å². The third kappa shape index (κ3) is 1.39. The number of fused-ring (bicyclic) bond motifs is 9. The summed E-state index contributed by atoms with van der Waals surface area (Å²) < 4.78 is 4.92. The van der Waals surface area contributed by atoms with E-state index < -0.39 is 0 Å². The van der Waals surface area contributed by atoms with Gasteiger partial charge in [0.15, 0.2) is 0 Å². The molecule has 0 radical (unpaired) electrons. The summed E-state index contributed by atoms with van der Waals surface area (Å²) >= 11 is 0. The molecule has 4 nitrogen and oxygen atoms in total. The Kier molecular flexibility index (Phi) is 2.54. The first kappa shape index (κ1) is 13.5. The lowest BCUT2D eigenvalue weighted by molar-refractivity contribution is -0.154. The second-order valence-corrected chi connectivity index (χ2v) is 8.67. The van der Waals surface area contributed by atoms with Gasteiger partial charge in [0.25, 0.3) is 0 Å². The minimum absolute atomic E-state index is 0.129. The molecule has 0 aromatic heterocycles. The predicted molar refractivity (Wildman–Crippen MR) is 77.2 cm³/mol. The molecule has 4 saturated carbocycles. The van der Waals surface area contributed by atoms with Crippen molar-refractivity contribution in [1.29, 1.82) is 0 Å². The molecule has 11 unspecified atom stereocenters. The van der Waals surface area contributed by atoms with E-state index in [4.69, 9.17) is 4.74 Å². The van der Waals surface area contributed by atoms with Gasteiger partial charge in [-0.3, -0.25) is 9.59 Å². The molecule has 0 aromatic carbocycles. The maximum absolute atomic E-state index is 12.2. The number of hydrogen-bond donors (Lipinski definition) is 1. The minimum Gasteiger partial charge on any atom is -0.393 e. The maximum Gasteiger partial charge on any atom is 0.317 e. The Morgan fingerprint density at radius 1 is 0.909 bits per heavy atom. The van der Waals surface area contributed by atoms with Crippen molar-refractivity contribution in [1.82, 2.24) is 0 Å². The van der Waals surface area contributed by atoms with Gasteiger partial charge in [-0.15, -0.1) is 0 Å². The van der Waals surface area contributed by atoms with Crippen LogP contribution in [0.15, 0.2) is 0 Å². The van der Waals surface area contributed by atoms with Gasteiger partial charge >= 0.3 is 11.9 Å². The van der Waals surface area contributed by atoms with E-state index in [1.807, 2.05) is 6.92 Å². The van der Waals surface area contributed by atoms with Crippen LogP contribution in [0.1, 0.15) is 33.1 Å². The van der Waals surface area contributed by atoms with Crippen LogP contribution in [0, 0.1) is 59.2 Å². The Hall–Kier alpha value is -0.900. The summed E-state index contributed by atoms with van der Waals surface area (Å²) in [6.07, 6.45) is 3.25. The molecule has 1 heterocycles. The minimum atomic E-state index is -0.338. The number of cyclic esters (lactones) is 2. The van der Waals surface area contributed by atoms with Gasteiger partial charge in [-0.25, -0.2) is 0 Å².